The van der Waals surface area contributed by atoms with Crippen molar-refractivity contribution in [3.63, 3.8) is 0 Å². The van der Waals surface area contributed by atoms with E-state index in [2.05, 4.69) is 50.1 Å². The summed E-state index contributed by atoms with van der Waals surface area (Å²) in [5.41, 5.74) is 3.58. The zero-order valence-electron chi connectivity index (χ0n) is 19.9. The summed E-state index contributed by atoms with van der Waals surface area (Å²) in [5, 5.41) is 0. The third-order valence-electron chi connectivity index (χ3n) is 5.59. The molecule has 0 radical (unpaired) electrons. The van der Waals surface area contributed by atoms with Crippen molar-refractivity contribution in [3.05, 3.63) is 59.2 Å². The van der Waals surface area contributed by atoms with Crippen molar-refractivity contribution < 1.29 is 14.3 Å². The first-order valence-electron chi connectivity index (χ1n) is 11.6. The number of hydrogen-bond donors (Lipinski definition) is 0. The van der Waals surface area contributed by atoms with Crippen molar-refractivity contribution >= 4 is 6.29 Å². The van der Waals surface area contributed by atoms with Gasteiger partial charge in [-0.1, -0.05) is 38.1 Å². The topological polar surface area (TPSA) is 38.8 Å². The highest BCUT2D eigenvalue weighted by molar-refractivity contribution is 5.65. The van der Waals surface area contributed by atoms with Gasteiger partial charge in [0.15, 0.2) is 0 Å². The summed E-state index contributed by atoms with van der Waals surface area (Å²) in [5.74, 6) is 2.07. The van der Waals surface area contributed by atoms with Crippen molar-refractivity contribution in [2.45, 2.75) is 58.8 Å². The first-order valence-corrected chi connectivity index (χ1v) is 11.6. The molecular weight excluding hydrogens is 386 g/mol. The molecule has 0 aliphatic heterocycles. The maximum absolute atomic E-state index is 12.0. The third kappa shape index (κ3) is 7.70. The Hall–Kier alpha value is -2.33. The molecule has 0 saturated carbocycles. The second kappa shape index (κ2) is 13.2. The average Bonchev–Trinajstić information content (AvgIpc) is 2.76. The van der Waals surface area contributed by atoms with Crippen LogP contribution in [0.3, 0.4) is 0 Å². The van der Waals surface area contributed by atoms with Crippen molar-refractivity contribution in [2.24, 2.45) is 0 Å². The van der Waals surface area contributed by atoms with Crippen LogP contribution in [0.5, 0.6) is 11.5 Å². The van der Waals surface area contributed by atoms with Crippen molar-refractivity contribution in [1.29, 1.82) is 0 Å². The van der Waals surface area contributed by atoms with Gasteiger partial charge in [0, 0.05) is 18.0 Å². The molecule has 2 aromatic rings. The van der Waals surface area contributed by atoms with Crippen LogP contribution in [0.25, 0.3) is 0 Å². The third-order valence-corrected chi connectivity index (χ3v) is 5.59. The number of aldehydes is 1. The van der Waals surface area contributed by atoms with Gasteiger partial charge in [-0.05, 0) is 81.9 Å². The fraction of sp³-hybridized carbons (Fsp3) is 0.519. The van der Waals surface area contributed by atoms with Crippen LogP contribution in [0, 0.1) is 0 Å². The van der Waals surface area contributed by atoms with E-state index in [9.17, 15) is 4.79 Å². The van der Waals surface area contributed by atoms with Gasteiger partial charge in [-0.2, -0.15) is 0 Å². The number of likely N-dealkylation sites (N-methyl/N-ethyl adjacent to an activating group) is 1. The highest BCUT2D eigenvalue weighted by Crippen LogP contribution is 2.35. The van der Waals surface area contributed by atoms with Gasteiger partial charge >= 0.3 is 0 Å². The summed E-state index contributed by atoms with van der Waals surface area (Å²) in [6, 6.07) is 14.4. The van der Waals surface area contributed by atoms with Gasteiger partial charge < -0.3 is 19.2 Å². The normalized spacial score (nSPS) is 12.2. The molecule has 4 nitrogen and oxygen atoms in total. The standard InChI is InChI=1S/C27H39NO3/c1-6-30-24-13-8-11-22(19-24)16-18-28(5)17-10-12-23(20-29)25-14-9-15-26(31-7-2)27(25)21(3)4/h8-9,11,13-15,19-21,23H,6-7,10,12,16-18H2,1-5H3/t23-/m1/s1. The first-order chi connectivity index (χ1) is 15.0. The average molecular weight is 426 g/mol. The Morgan fingerprint density at radius 1 is 1.00 bits per heavy atom. The molecule has 0 N–H and O–H groups in total. The predicted molar refractivity (Wildman–Crippen MR) is 129 cm³/mol. The van der Waals surface area contributed by atoms with E-state index < -0.39 is 0 Å². The molecule has 0 aliphatic carbocycles. The Labute approximate surface area is 188 Å². The summed E-state index contributed by atoms with van der Waals surface area (Å²) < 4.78 is 11.4. The Kier molecular flexibility index (Phi) is 10.6. The molecule has 0 aliphatic rings. The number of carbonyl (C=O) groups is 1. The lowest BCUT2D eigenvalue weighted by Gasteiger charge is -2.22. The van der Waals surface area contributed by atoms with Gasteiger partial charge in [-0.25, -0.2) is 0 Å². The van der Waals surface area contributed by atoms with Gasteiger partial charge in [-0.15, -0.1) is 0 Å². The number of rotatable bonds is 14. The minimum absolute atomic E-state index is 0.0888. The molecule has 0 spiro atoms. The van der Waals surface area contributed by atoms with Crippen molar-refractivity contribution in [2.75, 3.05) is 33.4 Å². The minimum Gasteiger partial charge on any atom is -0.494 e. The summed E-state index contributed by atoms with van der Waals surface area (Å²) >= 11 is 0. The number of benzene rings is 2. The molecule has 0 fully saturated rings. The van der Waals surface area contributed by atoms with E-state index in [1.807, 2.05) is 32.0 Å². The van der Waals surface area contributed by atoms with Crippen LogP contribution in [0.4, 0.5) is 0 Å². The van der Waals surface area contributed by atoms with E-state index in [-0.39, 0.29) is 5.92 Å². The van der Waals surface area contributed by atoms with Gasteiger partial charge in [0.1, 0.15) is 17.8 Å². The molecule has 0 saturated heterocycles. The molecule has 170 valence electrons. The monoisotopic (exact) mass is 425 g/mol. The van der Waals surface area contributed by atoms with E-state index >= 15 is 0 Å². The van der Waals surface area contributed by atoms with Crippen molar-refractivity contribution in [1.82, 2.24) is 4.90 Å². The molecule has 0 unspecified atom stereocenters. The second-order valence-electron chi connectivity index (χ2n) is 8.37. The zero-order chi connectivity index (χ0) is 22.6. The van der Waals surface area contributed by atoms with Crippen LogP contribution in [-0.4, -0.2) is 44.5 Å². The fourth-order valence-electron chi connectivity index (χ4n) is 4.05. The minimum atomic E-state index is -0.0888. The number of nitrogens with zero attached hydrogens (tertiary/aromatic N) is 1. The largest absolute Gasteiger partial charge is 0.494 e. The van der Waals surface area contributed by atoms with Crippen LogP contribution in [0.1, 0.15) is 69.1 Å². The van der Waals surface area contributed by atoms with E-state index in [0.717, 1.165) is 55.7 Å². The molecule has 31 heavy (non-hydrogen) atoms. The number of ether oxygens (including phenoxy) is 2. The van der Waals surface area contributed by atoms with E-state index in [1.165, 1.54) is 11.1 Å². The lowest BCUT2D eigenvalue weighted by Crippen LogP contribution is -2.23. The van der Waals surface area contributed by atoms with Gasteiger partial charge in [0.05, 0.1) is 13.2 Å². The molecule has 1 atom stereocenters. The van der Waals surface area contributed by atoms with Crippen LogP contribution in [0.2, 0.25) is 0 Å². The SMILES string of the molecule is CCOc1cccc(CCN(C)CCC[C@H](C=O)c2cccc(OCC)c2C(C)C)c1. The highest BCUT2D eigenvalue weighted by Gasteiger charge is 2.20. The molecule has 0 aromatic heterocycles. The molecule has 0 amide bonds. The first kappa shape index (κ1) is 24.9. The zero-order valence-corrected chi connectivity index (χ0v) is 19.9. The molecular formula is C27H39NO3. The number of carbonyl (C=O) groups excluding carboxylic acids is 1. The van der Waals surface area contributed by atoms with Gasteiger partial charge in [0.25, 0.3) is 0 Å². The summed E-state index contributed by atoms with van der Waals surface area (Å²) in [7, 11) is 2.15. The highest BCUT2D eigenvalue weighted by atomic mass is 16.5. The van der Waals surface area contributed by atoms with Gasteiger partial charge in [0.2, 0.25) is 0 Å². The second-order valence-corrected chi connectivity index (χ2v) is 8.37. The lowest BCUT2D eigenvalue weighted by atomic mass is 9.86. The summed E-state index contributed by atoms with van der Waals surface area (Å²) in [4.78, 5) is 14.3. The summed E-state index contributed by atoms with van der Waals surface area (Å²) in [6.45, 7) is 11.6. The molecule has 0 bridgehead atoms. The predicted octanol–water partition coefficient (Wildman–Crippen LogP) is 5.84. The van der Waals surface area contributed by atoms with Crippen LogP contribution < -0.4 is 9.47 Å². The van der Waals surface area contributed by atoms with E-state index in [0.29, 0.717) is 19.1 Å². The van der Waals surface area contributed by atoms with Crippen LogP contribution in [0.15, 0.2) is 42.5 Å². The van der Waals surface area contributed by atoms with E-state index in [1.54, 1.807) is 0 Å². The Bertz CT molecular complexity index is 803. The summed E-state index contributed by atoms with van der Waals surface area (Å²) in [6.07, 6.45) is 3.93. The molecule has 4 heteroatoms. The lowest BCUT2D eigenvalue weighted by molar-refractivity contribution is -0.109. The smallest absolute Gasteiger partial charge is 0.127 e. The number of hydrogen-bond acceptors (Lipinski definition) is 4. The Morgan fingerprint density at radius 3 is 2.42 bits per heavy atom. The maximum Gasteiger partial charge on any atom is 0.127 e. The van der Waals surface area contributed by atoms with Crippen molar-refractivity contribution in [3.8, 4) is 11.5 Å². The molecule has 2 aromatic carbocycles. The van der Waals surface area contributed by atoms with Crippen LogP contribution in [-0.2, 0) is 11.2 Å². The van der Waals surface area contributed by atoms with E-state index in [4.69, 9.17) is 9.47 Å². The quantitative estimate of drug-likeness (QED) is 0.356. The molecule has 2 rings (SSSR count). The Morgan fingerprint density at radius 2 is 1.74 bits per heavy atom. The van der Waals surface area contributed by atoms with Crippen LogP contribution >= 0.6 is 0 Å². The Balaban J connectivity index is 1.91. The van der Waals surface area contributed by atoms with Gasteiger partial charge in [-0.3, -0.25) is 0 Å². The maximum atomic E-state index is 12.0. The molecule has 0 heterocycles. The fourth-order valence-corrected chi connectivity index (χ4v) is 4.05.